The van der Waals surface area contributed by atoms with Crippen LogP contribution >= 0.6 is 23.4 Å². The fourth-order valence-electron chi connectivity index (χ4n) is 3.46. The molecule has 0 spiro atoms. The molecule has 0 aliphatic carbocycles. The second kappa shape index (κ2) is 5.98. The van der Waals surface area contributed by atoms with Gasteiger partial charge in [0.2, 0.25) is 5.43 Å². The molecule has 0 radical (unpaired) electrons. The predicted octanol–water partition coefficient (Wildman–Crippen LogP) is 1.87. The molecule has 2 N–H and O–H groups in total. The summed E-state index contributed by atoms with van der Waals surface area (Å²) in [6.07, 6.45) is 0. The van der Waals surface area contributed by atoms with Gasteiger partial charge in [0.15, 0.2) is 0 Å². The number of hydrogen-bond acceptors (Lipinski definition) is 5. The summed E-state index contributed by atoms with van der Waals surface area (Å²) < 4.78 is 1.94. The summed E-state index contributed by atoms with van der Waals surface area (Å²) in [4.78, 5) is 26.8. The van der Waals surface area contributed by atoms with E-state index in [0.717, 1.165) is 37.4 Å². The number of anilines is 1. The van der Waals surface area contributed by atoms with E-state index in [1.807, 2.05) is 10.6 Å². The number of aryl methyl sites for hydroxylation is 1. The van der Waals surface area contributed by atoms with E-state index in [4.69, 9.17) is 11.6 Å². The third-order valence-electron chi connectivity index (χ3n) is 4.51. The van der Waals surface area contributed by atoms with Crippen LogP contribution in [0.4, 0.5) is 5.69 Å². The number of carboxylic acid groups (broad SMARTS) is 1. The third kappa shape index (κ3) is 2.30. The van der Waals surface area contributed by atoms with E-state index in [1.54, 1.807) is 6.07 Å². The van der Waals surface area contributed by atoms with Crippen molar-refractivity contribution in [1.29, 1.82) is 0 Å². The highest BCUT2D eigenvalue weighted by atomic mass is 35.5. The van der Waals surface area contributed by atoms with Crippen LogP contribution in [0.1, 0.15) is 10.4 Å². The van der Waals surface area contributed by atoms with E-state index in [9.17, 15) is 14.7 Å². The first-order valence-electron chi connectivity index (χ1n) is 7.80. The predicted molar refractivity (Wildman–Crippen MR) is 96.0 cm³/mol. The maximum Gasteiger partial charge on any atom is 0.342 e. The average molecular weight is 366 g/mol. The van der Waals surface area contributed by atoms with Crippen molar-refractivity contribution in [2.45, 2.75) is 11.6 Å². The lowest BCUT2D eigenvalue weighted by Gasteiger charge is -2.31. The summed E-state index contributed by atoms with van der Waals surface area (Å²) >= 11 is 7.85. The van der Waals surface area contributed by atoms with Crippen molar-refractivity contribution in [3.63, 3.8) is 0 Å². The van der Waals surface area contributed by atoms with Gasteiger partial charge < -0.3 is 19.9 Å². The molecule has 1 saturated heterocycles. The van der Waals surface area contributed by atoms with Crippen LogP contribution in [0.15, 0.2) is 22.0 Å². The van der Waals surface area contributed by atoms with Crippen molar-refractivity contribution in [3.8, 4) is 0 Å². The van der Waals surface area contributed by atoms with Crippen molar-refractivity contribution in [2.75, 3.05) is 36.8 Å². The lowest BCUT2D eigenvalue weighted by atomic mass is 10.1. The molecule has 1 aromatic carbocycles. The highest BCUT2D eigenvalue weighted by molar-refractivity contribution is 7.99. The summed E-state index contributed by atoms with van der Waals surface area (Å²) in [7, 11) is 0. The summed E-state index contributed by atoms with van der Waals surface area (Å²) in [5, 5.41) is 14.3. The number of nitrogens with one attached hydrogen (secondary N) is 1. The number of carbonyl (C=O) groups is 1. The van der Waals surface area contributed by atoms with E-state index in [1.165, 1.54) is 11.8 Å². The van der Waals surface area contributed by atoms with Gasteiger partial charge in [-0.15, -0.1) is 11.8 Å². The largest absolute Gasteiger partial charge is 0.477 e. The van der Waals surface area contributed by atoms with E-state index in [0.29, 0.717) is 27.7 Å². The Labute approximate surface area is 147 Å². The maximum atomic E-state index is 13.0. The maximum absolute atomic E-state index is 13.0. The molecule has 0 unspecified atom stereocenters. The summed E-state index contributed by atoms with van der Waals surface area (Å²) in [5.74, 6) is -0.406. The number of aromatic carboxylic acids is 1. The Morgan fingerprint density at radius 1 is 1.25 bits per heavy atom. The molecule has 0 amide bonds. The molecule has 3 heterocycles. The summed E-state index contributed by atoms with van der Waals surface area (Å²) in [6.45, 7) is 3.77. The number of benzene rings is 1. The fourth-order valence-corrected chi connectivity index (χ4v) is 4.88. The van der Waals surface area contributed by atoms with Crippen LogP contribution in [0.25, 0.3) is 10.9 Å². The number of piperazine rings is 1. The Balaban J connectivity index is 2.10. The number of aromatic nitrogens is 1. The average Bonchev–Trinajstić information content (AvgIpc) is 3.04. The third-order valence-corrected chi connectivity index (χ3v) is 5.90. The van der Waals surface area contributed by atoms with Gasteiger partial charge in [-0.3, -0.25) is 4.79 Å². The number of hydrogen-bond donors (Lipinski definition) is 2. The van der Waals surface area contributed by atoms with Crippen LogP contribution in [0.5, 0.6) is 0 Å². The second-order valence-electron chi connectivity index (χ2n) is 5.84. The Hall–Kier alpha value is -1.70. The van der Waals surface area contributed by atoms with Crippen LogP contribution in [0, 0.1) is 0 Å². The van der Waals surface area contributed by atoms with Crippen molar-refractivity contribution < 1.29 is 9.90 Å². The lowest BCUT2D eigenvalue weighted by Crippen LogP contribution is -2.44. The van der Waals surface area contributed by atoms with Crippen LogP contribution in [-0.4, -0.2) is 47.6 Å². The molecule has 1 fully saturated rings. The zero-order valence-corrected chi connectivity index (χ0v) is 14.4. The number of rotatable bonds is 2. The van der Waals surface area contributed by atoms with Crippen molar-refractivity contribution in [2.24, 2.45) is 0 Å². The van der Waals surface area contributed by atoms with Gasteiger partial charge in [0.25, 0.3) is 0 Å². The summed E-state index contributed by atoms with van der Waals surface area (Å²) in [6, 6.07) is 3.63. The van der Waals surface area contributed by atoms with Crippen LogP contribution < -0.4 is 15.6 Å². The van der Waals surface area contributed by atoms with Crippen molar-refractivity contribution >= 4 is 45.9 Å². The zero-order valence-electron chi connectivity index (χ0n) is 12.8. The monoisotopic (exact) mass is 365 g/mol. The van der Waals surface area contributed by atoms with Gasteiger partial charge >= 0.3 is 5.97 Å². The molecule has 0 bridgehead atoms. The quantitative estimate of drug-likeness (QED) is 0.846. The van der Waals surface area contributed by atoms with Gasteiger partial charge in [0.05, 0.1) is 26.6 Å². The number of nitrogens with zero attached hydrogens (tertiary/aromatic N) is 2. The van der Waals surface area contributed by atoms with Crippen LogP contribution in [0.2, 0.25) is 5.02 Å². The number of carboxylic acids is 1. The molecule has 0 atom stereocenters. The van der Waals surface area contributed by atoms with Crippen LogP contribution in [0.3, 0.4) is 0 Å². The number of pyridine rings is 1. The molecule has 6 nitrogen and oxygen atoms in total. The van der Waals surface area contributed by atoms with Gasteiger partial charge in [0.1, 0.15) is 5.56 Å². The van der Waals surface area contributed by atoms with E-state index >= 15 is 0 Å². The highest BCUT2D eigenvalue weighted by Gasteiger charge is 2.29. The zero-order chi connectivity index (χ0) is 16.8. The number of fused-ring (bicyclic) bond motifs is 3. The van der Waals surface area contributed by atoms with Crippen molar-refractivity contribution in [3.05, 3.63) is 32.9 Å². The number of halogens is 1. The van der Waals surface area contributed by atoms with Gasteiger partial charge in [-0.05, 0) is 12.1 Å². The smallest absolute Gasteiger partial charge is 0.342 e. The van der Waals surface area contributed by atoms with Gasteiger partial charge in [-0.2, -0.15) is 0 Å². The molecule has 2 aromatic rings. The standard InChI is InChI=1S/C16H16ClN3O3S/c17-9-1-2-10-11(13(9)19-5-3-18-4-6-19)14(21)12(16(22)23)15-20(10)7-8-24-15/h1-2,18H,3-8H2,(H,22,23). The molecule has 1 aromatic heterocycles. The SMILES string of the molecule is O=C(O)c1c2n(c3ccc(Cl)c(N4CCNCC4)c3c1=O)CCS2. The number of thioether (sulfide) groups is 1. The Morgan fingerprint density at radius 3 is 2.71 bits per heavy atom. The minimum Gasteiger partial charge on any atom is -0.477 e. The molecule has 24 heavy (non-hydrogen) atoms. The molecule has 4 rings (SSSR count). The fraction of sp³-hybridized carbons (Fsp3) is 0.375. The highest BCUT2D eigenvalue weighted by Crippen LogP contribution is 2.37. The molecule has 126 valence electrons. The first-order valence-corrected chi connectivity index (χ1v) is 9.16. The van der Waals surface area contributed by atoms with E-state index in [-0.39, 0.29) is 5.56 Å². The normalized spacial score (nSPS) is 17.3. The Bertz CT molecular complexity index is 906. The molecular weight excluding hydrogens is 350 g/mol. The Morgan fingerprint density at radius 2 is 2.00 bits per heavy atom. The van der Waals surface area contributed by atoms with Crippen LogP contribution in [-0.2, 0) is 6.54 Å². The first kappa shape index (κ1) is 15.8. The minimum absolute atomic E-state index is 0.136. The second-order valence-corrected chi connectivity index (χ2v) is 7.33. The topological polar surface area (TPSA) is 74.6 Å². The molecule has 2 aliphatic heterocycles. The first-order chi connectivity index (χ1) is 11.6. The van der Waals surface area contributed by atoms with E-state index < -0.39 is 11.4 Å². The molecule has 0 saturated carbocycles. The molecular formula is C16H16ClN3O3S. The molecule has 8 heteroatoms. The minimum atomic E-state index is -1.17. The molecule has 2 aliphatic rings. The van der Waals surface area contributed by atoms with Crippen molar-refractivity contribution in [1.82, 2.24) is 9.88 Å². The van der Waals surface area contributed by atoms with Gasteiger partial charge in [0, 0.05) is 38.5 Å². The summed E-state index contributed by atoms with van der Waals surface area (Å²) in [5.41, 5.74) is 0.858. The van der Waals surface area contributed by atoms with Gasteiger partial charge in [-0.1, -0.05) is 11.6 Å². The lowest BCUT2D eigenvalue weighted by molar-refractivity contribution is 0.0690. The Kier molecular flexibility index (Phi) is 3.94. The van der Waals surface area contributed by atoms with Gasteiger partial charge in [-0.25, -0.2) is 4.79 Å². The van der Waals surface area contributed by atoms with E-state index in [2.05, 4.69) is 10.2 Å².